The van der Waals surface area contributed by atoms with Crippen LogP contribution in [0.5, 0.6) is 5.88 Å². The summed E-state index contributed by atoms with van der Waals surface area (Å²) in [6.45, 7) is 1.36. The molecule has 22 heavy (non-hydrogen) atoms. The van der Waals surface area contributed by atoms with Crippen LogP contribution in [0.2, 0.25) is 0 Å². The van der Waals surface area contributed by atoms with Gasteiger partial charge in [-0.3, -0.25) is 4.79 Å². The van der Waals surface area contributed by atoms with E-state index in [1.807, 2.05) is 6.92 Å². The van der Waals surface area contributed by atoms with Crippen molar-refractivity contribution in [1.82, 2.24) is 15.6 Å². The number of nitrogens with one attached hydrogen (secondary N) is 2. The zero-order valence-corrected chi connectivity index (χ0v) is 12.1. The Morgan fingerprint density at radius 3 is 3.00 bits per heavy atom. The number of amides is 1. The first-order valence-electron chi connectivity index (χ1n) is 7.05. The van der Waals surface area contributed by atoms with Gasteiger partial charge in [-0.05, 0) is 38.4 Å². The van der Waals surface area contributed by atoms with Crippen LogP contribution in [0.25, 0.3) is 0 Å². The summed E-state index contributed by atoms with van der Waals surface area (Å²) in [5.74, 6) is -0.792. The molecule has 2 unspecified atom stereocenters. The molecule has 0 bridgehead atoms. The van der Waals surface area contributed by atoms with Gasteiger partial charge in [0.15, 0.2) is 6.61 Å². The number of carbonyl (C=O) groups is 1. The number of ether oxygens (including phenoxy) is 1. The van der Waals surface area contributed by atoms with Crippen LogP contribution < -0.4 is 15.4 Å². The second-order valence-electron chi connectivity index (χ2n) is 5.22. The van der Waals surface area contributed by atoms with Gasteiger partial charge in [0.05, 0.1) is 0 Å². The van der Waals surface area contributed by atoms with E-state index in [9.17, 15) is 18.0 Å². The number of carbonyl (C=O) groups excluding carboxylic acids is 1. The fourth-order valence-corrected chi connectivity index (χ4v) is 2.32. The Kier molecular flexibility index (Phi) is 5.23. The highest BCUT2D eigenvalue weighted by Crippen LogP contribution is 2.20. The third-order valence-corrected chi connectivity index (χ3v) is 3.47. The number of rotatable bonds is 4. The van der Waals surface area contributed by atoms with Crippen molar-refractivity contribution in [3.63, 3.8) is 0 Å². The van der Waals surface area contributed by atoms with Crippen molar-refractivity contribution in [2.75, 3.05) is 13.2 Å². The summed E-state index contributed by atoms with van der Waals surface area (Å²) in [6.07, 6.45) is -1.45. The average molecular weight is 317 g/mol. The molecule has 0 saturated carbocycles. The molecule has 1 fully saturated rings. The number of alkyl halides is 3. The maximum atomic E-state index is 12.3. The molecule has 0 radical (unpaired) electrons. The molecular formula is C14H18F3N3O2. The number of nitrogens with zero attached hydrogens (tertiary/aromatic N) is 1. The molecule has 1 aromatic rings. The van der Waals surface area contributed by atoms with E-state index in [-0.39, 0.29) is 23.5 Å². The lowest BCUT2D eigenvalue weighted by atomic mass is 9.99. The van der Waals surface area contributed by atoms with Crippen LogP contribution in [0, 0.1) is 0 Å². The first kappa shape index (κ1) is 16.5. The van der Waals surface area contributed by atoms with Gasteiger partial charge >= 0.3 is 6.18 Å². The van der Waals surface area contributed by atoms with Gasteiger partial charge in [-0.25, -0.2) is 4.98 Å². The molecule has 0 spiro atoms. The zero-order chi connectivity index (χ0) is 16.2. The Bertz CT molecular complexity index is 522. The number of hydrogen-bond donors (Lipinski definition) is 2. The molecule has 0 aliphatic carbocycles. The van der Waals surface area contributed by atoms with Gasteiger partial charge in [-0.15, -0.1) is 0 Å². The summed E-state index contributed by atoms with van der Waals surface area (Å²) in [4.78, 5) is 16.0. The molecular weight excluding hydrogens is 299 g/mol. The quantitative estimate of drug-likeness (QED) is 0.890. The van der Waals surface area contributed by atoms with Crippen molar-refractivity contribution in [2.45, 2.75) is 38.0 Å². The smallest absolute Gasteiger partial charge is 0.422 e. The summed E-state index contributed by atoms with van der Waals surface area (Å²) in [5, 5.41) is 6.06. The molecule has 1 saturated heterocycles. The van der Waals surface area contributed by atoms with Gasteiger partial charge in [-0.2, -0.15) is 13.2 Å². The second-order valence-corrected chi connectivity index (χ2v) is 5.22. The van der Waals surface area contributed by atoms with Crippen LogP contribution in [-0.2, 0) is 0 Å². The van der Waals surface area contributed by atoms with E-state index < -0.39 is 18.7 Å². The first-order chi connectivity index (χ1) is 10.4. The molecule has 2 N–H and O–H groups in total. The lowest BCUT2D eigenvalue weighted by Crippen LogP contribution is -2.51. The van der Waals surface area contributed by atoms with Gasteiger partial charge in [0.1, 0.15) is 5.56 Å². The number of pyridine rings is 1. The van der Waals surface area contributed by atoms with E-state index in [1.165, 1.54) is 18.3 Å². The molecule has 2 rings (SSSR count). The molecule has 5 nitrogen and oxygen atoms in total. The predicted octanol–water partition coefficient (Wildman–Crippen LogP) is 1.89. The van der Waals surface area contributed by atoms with E-state index >= 15 is 0 Å². The van der Waals surface area contributed by atoms with E-state index in [0.29, 0.717) is 0 Å². The largest absolute Gasteiger partial charge is 0.467 e. The highest BCUT2D eigenvalue weighted by Gasteiger charge is 2.30. The lowest BCUT2D eigenvalue weighted by Gasteiger charge is -2.30. The Hall–Kier alpha value is -1.83. The zero-order valence-electron chi connectivity index (χ0n) is 12.1. The first-order valence-corrected chi connectivity index (χ1v) is 7.05. The SMILES string of the molecule is CC1NCCCC1NC(=O)c1cccnc1OCC(F)(F)F. The topological polar surface area (TPSA) is 63.2 Å². The van der Waals surface area contributed by atoms with Crippen molar-refractivity contribution < 1.29 is 22.7 Å². The third-order valence-electron chi connectivity index (χ3n) is 3.47. The number of halogens is 3. The number of piperidine rings is 1. The molecule has 1 aliphatic rings. The summed E-state index contributed by atoms with van der Waals surface area (Å²) in [5.41, 5.74) is 0.00419. The third kappa shape index (κ3) is 4.59. The van der Waals surface area contributed by atoms with Crippen LogP contribution in [0.1, 0.15) is 30.1 Å². The van der Waals surface area contributed by atoms with Crippen LogP contribution in [0.15, 0.2) is 18.3 Å². The monoisotopic (exact) mass is 317 g/mol. The van der Waals surface area contributed by atoms with Crippen molar-refractivity contribution in [3.8, 4) is 5.88 Å². The normalized spacial score (nSPS) is 22.2. The standard InChI is InChI=1S/C14H18F3N3O2/c1-9-11(5-3-6-18-9)20-12(21)10-4-2-7-19-13(10)22-8-14(15,16)17/h2,4,7,9,11,18H,3,5-6,8H2,1H3,(H,20,21). The van der Waals surface area contributed by atoms with Crippen molar-refractivity contribution >= 4 is 5.91 Å². The van der Waals surface area contributed by atoms with Crippen molar-refractivity contribution in [3.05, 3.63) is 23.9 Å². The second kappa shape index (κ2) is 6.95. The molecule has 1 aromatic heterocycles. The molecule has 1 amide bonds. The van der Waals surface area contributed by atoms with Crippen LogP contribution >= 0.6 is 0 Å². The number of aromatic nitrogens is 1. The van der Waals surface area contributed by atoms with Gasteiger partial charge in [-0.1, -0.05) is 0 Å². The minimum Gasteiger partial charge on any atom is -0.467 e. The van der Waals surface area contributed by atoms with Gasteiger partial charge in [0.2, 0.25) is 5.88 Å². The summed E-state index contributed by atoms with van der Waals surface area (Å²) < 4.78 is 41.3. The minimum atomic E-state index is -4.48. The van der Waals surface area contributed by atoms with Crippen molar-refractivity contribution in [2.24, 2.45) is 0 Å². The average Bonchev–Trinajstić information content (AvgIpc) is 2.47. The van der Waals surface area contributed by atoms with Crippen LogP contribution in [0.3, 0.4) is 0 Å². The molecule has 2 atom stereocenters. The lowest BCUT2D eigenvalue weighted by molar-refractivity contribution is -0.154. The Morgan fingerprint density at radius 2 is 2.32 bits per heavy atom. The maximum Gasteiger partial charge on any atom is 0.422 e. The maximum absolute atomic E-state index is 12.3. The summed E-state index contributed by atoms with van der Waals surface area (Å²) in [7, 11) is 0. The van der Waals surface area contributed by atoms with Gasteiger partial charge in [0.25, 0.3) is 5.91 Å². The predicted molar refractivity (Wildman–Crippen MR) is 73.7 cm³/mol. The van der Waals surface area contributed by atoms with Gasteiger partial charge in [0, 0.05) is 18.3 Å². The Balaban J connectivity index is 2.05. The summed E-state index contributed by atoms with van der Waals surface area (Å²) in [6, 6.07) is 2.92. The summed E-state index contributed by atoms with van der Waals surface area (Å²) >= 11 is 0. The van der Waals surface area contributed by atoms with E-state index in [1.54, 1.807) is 0 Å². The molecule has 8 heteroatoms. The number of hydrogen-bond acceptors (Lipinski definition) is 4. The highest BCUT2D eigenvalue weighted by molar-refractivity contribution is 5.96. The minimum absolute atomic E-state index is 0.00419. The van der Waals surface area contributed by atoms with Gasteiger partial charge < -0.3 is 15.4 Å². The molecule has 0 aromatic carbocycles. The Labute approximate surface area is 126 Å². The van der Waals surface area contributed by atoms with E-state index in [0.717, 1.165) is 19.4 Å². The van der Waals surface area contributed by atoms with E-state index in [4.69, 9.17) is 0 Å². The van der Waals surface area contributed by atoms with E-state index in [2.05, 4.69) is 20.4 Å². The molecule has 1 aliphatic heterocycles. The fourth-order valence-electron chi connectivity index (χ4n) is 2.32. The fraction of sp³-hybridized carbons (Fsp3) is 0.571. The molecule has 2 heterocycles. The molecule has 122 valence electrons. The van der Waals surface area contributed by atoms with Crippen LogP contribution in [-0.4, -0.2) is 42.3 Å². The Morgan fingerprint density at radius 1 is 1.55 bits per heavy atom. The van der Waals surface area contributed by atoms with Crippen molar-refractivity contribution in [1.29, 1.82) is 0 Å². The van der Waals surface area contributed by atoms with Crippen LogP contribution in [0.4, 0.5) is 13.2 Å². The highest BCUT2D eigenvalue weighted by atomic mass is 19.4.